The number of amides is 3. The van der Waals surface area contributed by atoms with Crippen LogP contribution in [0.5, 0.6) is 5.75 Å². The van der Waals surface area contributed by atoms with Crippen LogP contribution in [0.1, 0.15) is 110 Å². The van der Waals surface area contributed by atoms with Crippen molar-refractivity contribution in [3.8, 4) is 16.9 Å². The molecule has 0 bridgehead atoms. The van der Waals surface area contributed by atoms with Crippen molar-refractivity contribution >= 4 is 70.8 Å². The number of carboxylic acid groups (broad SMARTS) is 1. The summed E-state index contributed by atoms with van der Waals surface area (Å²) in [6, 6.07) is 7.16. The smallest absolute Gasteiger partial charge is 0.485 e. The van der Waals surface area contributed by atoms with Crippen molar-refractivity contribution in [1.29, 1.82) is 0 Å². The maximum atomic E-state index is 13.4. The van der Waals surface area contributed by atoms with Gasteiger partial charge < -0.3 is 52.8 Å². The molecule has 29 heteroatoms. The van der Waals surface area contributed by atoms with Crippen LogP contribution in [-0.2, 0) is 61.0 Å². The van der Waals surface area contributed by atoms with E-state index in [1.54, 1.807) is 58.6 Å². The van der Waals surface area contributed by atoms with Gasteiger partial charge in [0.15, 0.2) is 30.1 Å². The van der Waals surface area contributed by atoms with Crippen molar-refractivity contribution in [1.82, 2.24) is 19.9 Å². The Hall–Kier alpha value is -6.04. The number of thiazole rings is 1. The van der Waals surface area contributed by atoms with Crippen LogP contribution in [-0.4, -0.2) is 143 Å². The molecule has 0 aliphatic carbocycles. The number of alkyl halides is 3. The zero-order chi connectivity index (χ0) is 60.5. The highest BCUT2D eigenvalue weighted by Gasteiger charge is 2.41. The van der Waals surface area contributed by atoms with Crippen LogP contribution in [0.3, 0.4) is 0 Å². The quantitative estimate of drug-likeness (QED) is 0.0157. The highest BCUT2D eigenvalue weighted by molar-refractivity contribution is 7.86. The Morgan fingerprint density at radius 1 is 0.848 bits per heavy atom. The number of esters is 1. The fourth-order valence-electron chi connectivity index (χ4n) is 6.42. The summed E-state index contributed by atoms with van der Waals surface area (Å²) >= 11 is 0.943. The number of benzene rings is 1. The Morgan fingerprint density at radius 2 is 1.38 bits per heavy atom. The number of halogens is 3. The molecule has 444 valence electrons. The Morgan fingerprint density at radius 3 is 1.87 bits per heavy atom. The first-order valence-corrected chi connectivity index (χ1v) is 30.0. The lowest BCUT2D eigenvalue weighted by atomic mass is 10.0. The number of carboxylic acids is 1. The number of likely N-dealkylation sites (tertiary alicyclic amines) is 1. The van der Waals surface area contributed by atoms with Gasteiger partial charge in [-0.25, -0.2) is 37.4 Å². The first kappa shape index (κ1) is 67.2. The van der Waals surface area contributed by atoms with E-state index in [0.717, 1.165) is 22.5 Å². The number of carbonyl (C=O) groups is 5. The van der Waals surface area contributed by atoms with Crippen LogP contribution in [0.4, 0.5) is 32.7 Å². The van der Waals surface area contributed by atoms with Gasteiger partial charge in [0.05, 0.1) is 23.8 Å². The minimum Gasteiger partial charge on any atom is -0.741 e. The van der Waals surface area contributed by atoms with E-state index in [1.165, 1.54) is 5.38 Å². The molecule has 1 saturated heterocycles. The van der Waals surface area contributed by atoms with Crippen molar-refractivity contribution in [3.05, 3.63) is 47.7 Å². The van der Waals surface area contributed by atoms with Gasteiger partial charge in [0.25, 0.3) is 6.10 Å². The summed E-state index contributed by atoms with van der Waals surface area (Å²) in [5, 5.41) is 20.5. The fraction of sp³-hybridized carbons (Fsp3) is 0.640. The largest absolute Gasteiger partial charge is 0.741 e. The second-order valence-corrected chi connectivity index (χ2v) is 30.9. The van der Waals surface area contributed by atoms with Crippen LogP contribution in [0.25, 0.3) is 11.1 Å². The molecule has 23 nitrogen and oxygen atoms in total. The third-order valence-electron chi connectivity index (χ3n) is 10.9. The lowest BCUT2D eigenvalue weighted by Crippen LogP contribution is -2.58. The molecule has 3 heterocycles. The molecule has 2 atom stereocenters. The maximum absolute atomic E-state index is 13.4. The van der Waals surface area contributed by atoms with E-state index in [9.17, 15) is 42.3 Å². The number of alkyl carbamates (subject to hydrolysis) is 1. The minimum atomic E-state index is -6.09. The number of rotatable bonds is 18. The first-order valence-electron chi connectivity index (χ1n) is 24.8. The number of nitrogens with zero attached hydrogens (tertiary/aromatic N) is 5. The number of carbonyl (C=O) groups excluding carboxylic acids is 4. The van der Waals surface area contributed by atoms with E-state index in [1.807, 2.05) is 66.1 Å². The van der Waals surface area contributed by atoms with E-state index in [-0.39, 0.29) is 34.4 Å². The number of aliphatic carboxylic acids is 1. The topological polar surface area (TPSA) is 289 Å². The van der Waals surface area contributed by atoms with E-state index in [4.69, 9.17) is 45.9 Å². The van der Waals surface area contributed by atoms with Crippen LogP contribution in [0, 0.1) is 5.92 Å². The van der Waals surface area contributed by atoms with Gasteiger partial charge in [-0.2, -0.15) is 17.9 Å². The molecule has 79 heavy (non-hydrogen) atoms. The molecule has 1 aliphatic rings. The predicted molar refractivity (Wildman–Crippen MR) is 286 cm³/mol. The number of nitrogens with one attached hydrogen (secondary N) is 2. The average Bonchev–Trinajstić information content (AvgIpc) is 3.85. The van der Waals surface area contributed by atoms with Gasteiger partial charge in [-0.05, 0) is 119 Å². The van der Waals surface area contributed by atoms with Gasteiger partial charge in [-0.1, -0.05) is 38.1 Å². The van der Waals surface area contributed by atoms with Crippen molar-refractivity contribution < 1.29 is 92.9 Å². The molecule has 1 aliphatic heterocycles. The van der Waals surface area contributed by atoms with E-state index in [2.05, 4.69) is 64.0 Å². The van der Waals surface area contributed by atoms with Gasteiger partial charge in [-0.3, -0.25) is 5.32 Å². The van der Waals surface area contributed by atoms with E-state index >= 15 is 0 Å². The predicted octanol–water partition coefficient (Wildman–Crippen LogP) is 8.67. The number of aromatic nitrogens is 3. The Kier molecular flexibility index (Phi) is 22.2. The third kappa shape index (κ3) is 23.3. The number of hydrogen-bond donors (Lipinski definition) is 3. The molecular weight excluding hydrogens is 1100 g/mol. The van der Waals surface area contributed by atoms with Gasteiger partial charge >= 0.3 is 35.7 Å². The number of anilines is 1. The van der Waals surface area contributed by atoms with Crippen LogP contribution in [0.2, 0.25) is 18.1 Å². The third-order valence-corrected chi connectivity index (χ3v) is 16.7. The van der Waals surface area contributed by atoms with Crippen LogP contribution >= 0.6 is 11.3 Å². The molecule has 4 rings (SSSR count). The molecule has 3 N–H and O–H groups in total. The van der Waals surface area contributed by atoms with Gasteiger partial charge in [0, 0.05) is 25.0 Å². The summed E-state index contributed by atoms with van der Waals surface area (Å²) in [6.07, 6.45) is 0.443. The molecule has 0 radical (unpaired) electrons. The molecule has 3 amide bonds. The molecular formula is C50H76F3N7O16S2Si. The fourth-order valence-corrected chi connectivity index (χ4v) is 8.44. The molecule has 0 unspecified atom stereocenters. The summed E-state index contributed by atoms with van der Waals surface area (Å²) in [7, 11) is -8.43. The SMILES string of the molecule is CC(C)(C)OC(=O)NC[C@@H](Cn1cc(-c2ccc(OC[C@H](O/N=C(\C(=O)O)c3csc(NC(=O)OC(C)(C)C)n3)C(=O)OC(C)(C)C)cc2)c[n+]1CC1CN(C(=O)OC(C)(C)C)C1)O[Si](C)(C)C(C)(C)C.O=S(=O)([O-])C(F)(F)F. The van der Waals surface area contributed by atoms with Crippen molar-refractivity contribution in [2.75, 3.05) is 31.6 Å². The van der Waals surface area contributed by atoms with Gasteiger partial charge in [0.1, 0.15) is 47.0 Å². The van der Waals surface area contributed by atoms with Gasteiger partial charge in [-0.15, -0.1) is 16.0 Å². The average molecular weight is 1180 g/mol. The standard InChI is InChI=1S/C49H75N7O13SSi.CHF3O3S/c1-45(2,3)64-40(59)37(68-53-38(39(57)58)36-30-70-41(51-36)52-43(61)66-47(7,8)9)29-63-34-20-18-32(19-21-34)33-26-55(25-31-23-54(24-31)44(62)67-48(10,11)12)56(27-33)28-35(69-71(16,17)49(13,14)15)22-50-42(60)65-46(4,5)6;2-1(3,4)8(5,6)7/h18-21,26-27,30-31,35,37H,22-25,28-29H2,1-17H3,(H2-,50,51,52,57,58,60,61);(H,5,6,7)/b53-38-;/t35-,37-;/m0./s1. The molecule has 3 aromatic rings. The summed E-state index contributed by atoms with van der Waals surface area (Å²) in [5.74, 6) is -1.84. The minimum absolute atomic E-state index is 0.0579. The Balaban J connectivity index is 0.00000189. The number of ether oxygens (including phenoxy) is 5. The zero-order valence-corrected chi connectivity index (χ0v) is 50.4. The maximum Gasteiger partial charge on any atom is 0.485 e. The highest BCUT2D eigenvalue weighted by atomic mass is 32.2. The number of oxime groups is 1. The normalized spacial score (nSPS) is 14.8. The van der Waals surface area contributed by atoms with Crippen LogP contribution in [0.15, 0.2) is 47.2 Å². The van der Waals surface area contributed by atoms with E-state index in [0.29, 0.717) is 31.9 Å². The molecule has 1 aromatic carbocycles. The Labute approximate surface area is 464 Å². The molecule has 0 spiro atoms. The molecule has 2 aromatic heterocycles. The van der Waals surface area contributed by atoms with Crippen LogP contribution < -0.4 is 20.1 Å². The summed E-state index contributed by atoms with van der Waals surface area (Å²) in [5.41, 5.74) is -7.69. The Bertz CT molecular complexity index is 2730. The molecule has 0 saturated carbocycles. The zero-order valence-electron chi connectivity index (χ0n) is 47.8. The number of hydrogen-bond acceptors (Lipinski definition) is 18. The van der Waals surface area contributed by atoms with Crippen molar-refractivity contribution in [3.63, 3.8) is 0 Å². The lowest BCUT2D eigenvalue weighted by molar-refractivity contribution is -0.782. The summed E-state index contributed by atoms with van der Waals surface area (Å²) in [4.78, 5) is 75.0. The molecule has 1 fully saturated rings. The second kappa shape index (κ2) is 26.0. The van der Waals surface area contributed by atoms with Crippen molar-refractivity contribution in [2.24, 2.45) is 11.1 Å². The summed E-state index contributed by atoms with van der Waals surface area (Å²) in [6.45, 7) is 33.7. The van der Waals surface area contributed by atoms with E-state index < -0.39 is 95.0 Å². The monoisotopic (exact) mass is 1180 g/mol. The summed E-state index contributed by atoms with van der Waals surface area (Å²) < 4.78 is 98.0. The lowest BCUT2D eigenvalue weighted by Gasteiger charge is -2.39. The van der Waals surface area contributed by atoms with Crippen molar-refractivity contribution in [2.45, 2.75) is 175 Å². The van der Waals surface area contributed by atoms with Gasteiger partial charge in [0.2, 0.25) is 11.9 Å². The first-order chi connectivity index (χ1) is 35.7. The second-order valence-electron chi connectivity index (χ2n) is 23.9. The highest BCUT2D eigenvalue weighted by Crippen LogP contribution is 2.37.